The number of β-amino-alcohol motifs (C(OH)–C–C–N with tert-alkyl or cyclic N) is 1. The maximum absolute atomic E-state index is 12.8. The van der Waals surface area contributed by atoms with Crippen LogP contribution in [0.25, 0.3) is 0 Å². The summed E-state index contributed by atoms with van der Waals surface area (Å²) in [6.45, 7) is 6.97. The Kier molecular flexibility index (Phi) is 4.40. The van der Waals surface area contributed by atoms with Gasteiger partial charge in [0.05, 0.1) is 11.5 Å². The fourth-order valence-electron chi connectivity index (χ4n) is 2.63. The molecule has 1 aliphatic rings. The number of nitrogens with zero attached hydrogens (tertiary/aromatic N) is 1. The monoisotopic (exact) mass is 295 g/mol. The summed E-state index contributed by atoms with van der Waals surface area (Å²) in [5.74, 6) is 0.305. The quantitative estimate of drug-likeness (QED) is 0.911. The summed E-state index contributed by atoms with van der Waals surface area (Å²) in [5.41, 5.74) is 0.272. The van der Waals surface area contributed by atoms with Crippen molar-refractivity contribution in [1.29, 1.82) is 0 Å². The predicted molar refractivity (Wildman–Crippen MR) is 80.8 cm³/mol. The summed E-state index contributed by atoms with van der Waals surface area (Å²) in [5, 5.41) is 10.6. The molecule has 1 aromatic rings. The van der Waals surface area contributed by atoms with E-state index in [1.54, 1.807) is 11.0 Å². The van der Waals surface area contributed by atoms with E-state index >= 15 is 0 Å². The van der Waals surface area contributed by atoms with Crippen LogP contribution in [0.15, 0.2) is 24.3 Å². The van der Waals surface area contributed by atoms with Crippen LogP contribution in [-0.2, 0) is 10.2 Å². The molecular weight excluding hydrogens is 274 g/mol. The van der Waals surface area contributed by atoms with Crippen LogP contribution in [0.2, 0.25) is 5.02 Å². The fourth-order valence-corrected chi connectivity index (χ4v) is 2.82. The zero-order chi connectivity index (χ0) is 14.9. The Hall–Kier alpha value is -1.06. The van der Waals surface area contributed by atoms with Crippen molar-refractivity contribution < 1.29 is 9.90 Å². The summed E-state index contributed by atoms with van der Waals surface area (Å²) < 4.78 is 0. The Bertz CT molecular complexity index is 501. The zero-order valence-corrected chi connectivity index (χ0v) is 13.0. The molecule has 110 valence electrons. The van der Waals surface area contributed by atoms with Crippen LogP contribution in [0.1, 0.15) is 32.8 Å². The van der Waals surface area contributed by atoms with Gasteiger partial charge in [-0.05, 0) is 43.9 Å². The van der Waals surface area contributed by atoms with Crippen molar-refractivity contribution in [2.75, 3.05) is 13.1 Å². The Labute approximate surface area is 125 Å². The van der Waals surface area contributed by atoms with Gasteiger partial charge < -0.3 is 10.0 Å². The summed E-state index contributed by atoms with van der Waals surface area (Å²) in [7, 11) is 0. The van der Waals surface area contributed by atoms with Crippen LogP contribution in [0.4, 0.5) is 0 Å². The smallest absolute Gasteiger partial charge is 0.232 e. The highest BCUT2D eigenvalue weighted by molar-refractivity contribution is 6.30. The van der Waals surface area contributed by atoms with Gasteiger partial charge in [-0.15, -0.1) is 0 Å². The van der Waals surface area contributed by atoms with Crippen LogP contribution in [0.5, 0.6) is 0 Å². The lowest BCUT2D eigenvalue weighted by Gasteiger charge is -2.38. The molecule has 1 heterocycles. The second kappa shape index (κ2) is 5.74. The van der Waals surface area contributed by atoms with Crippen molar-refractivity contribution in [3.8, 4) is 0 Å². The minimum atomic E-state index is -0.634. The lowest BCUT2D eigenvalue weighted by Crippen LogP contribution is -2.51. The molecule has 1 saturated heterocycles. The van der Waals surface area contributed by atoms with Crippen molar-refractivity contribution in [1.82, 2.24) is 4.90 Å². The first-order chi connectivity index (χ1) is 9.32. The maximum atomic E-state index is 12.8. The number of piperidine rings is 1. The van der Waals surface area contributed by atoms with Gasteiger partial charge in [0.25, 0.3) is 0 Å². The molecule has 0 spiro atoms. The predicted octanol–water partition coefficient (Wildman–Crippen LogP) is 2.85. The molecule has 0 radical (unpaired) electrons. The van der Waals surface area contributed by atoms with E-state index < -0.39 is 11.5 Å². The second-order valence-electron chi connectivity index (χ2n) is 6.22. The summed E-state index contributed by atoms with van der Waals surface area (Å²) >= 11 is 6.02. The van der Waals surface area contributed by atoms with Crippen LogP contribution >= 0.6 is 11.6 Å². The minimum absolute atomic E-state index is 0.0470. The zero-order valence-electron chi connectivity index (χ0n) is 12.3. The van der Waals surface area contributed by atoms with E-state index in [1.165, 1.54) is 0 Å². The Morgan fingerprint density at radius 2 is 2.15 bits per heavy atom. The first-order valence-corrected chi connectivity index (χ1v) is 7.43. The number of hydrogen-bond donors (Lipinski definition) is 1. The highest BCUT2D eigenvalue weighted by Gasteiger charge is 2.37. The summed E-state index contributed by atoms with van der Waals surface area (Å²) in [6.07, 6.45) is 0.418. The fraction of sp³-hybridized carbons (Fsp3) is 0.562. The number of aliphatic hydroxyl groups excluding tert-OH is 1. The van der Waals surface area contributed by atoms with Gasteiger partial charge in [-0.25, -0.2) is 0 Å². The number of rotatable bonds is 2. The molecule has 2 rings (SSSR count). The van der Waals surface area contributed by atoms with Gasteiger partial charge in [0.2, 0.25) is 5.91 Å². The molecular formula is C16H22ClNO2. The third-order valence-electron chi connectivity index (χ3n) is 4.29. The minimum Gasteiger partial charge on any atom is -0.391 e. The van der Waals surface area contributed by atoms with Gasteiger partial charge in [-0.2, -0.15) is 0 Å². The number of amides is 1. The first kappa shape index (κ1) is 15.3. The lowest BCUT2D eigenvalue weighted by molar-refractivity contribution is -0.140. The van der Waals surface area contributed by atoms with Gasteiger partial charge in [-0.3, -0.25) is 4.79 Å². The molecule has 0 saturated carbocycles. The highest BCUT2D eigenvalue weighted by Crippen LogP contribution is 2.29. The second-order valence-corrected chi connectivity index (χ2v) is 6.66. The van der Waals surface area contributed by atoms with Crippen LogP contribution < -0.4 is 0 Å². The molecule has 1 fully saturated rings. The van der Waals surface area contributed by atoms with Gasteiger partial charge >= 0.3 is 0 Å². The van der Waals surface area contributed by atoms with Gasteiger partial charge in [0.1, 0.15) is 0 Å². The normalized spacial score (nSPS) is 23.8. The molecule has 3 nitrogen and oxygen atoms in total. The van der Waals surface area contributed by atoms with Crippen molar-refractivity contribution in [3.63, 3.8) is 0 Å². The van der Waals surface area contributed by atoms with Crippen LogP contribution in [0.3, 0.4) is 0 Å². The molecule has 1 aromatic carbocycles. The Balaban J connectivity index is 2.19. The average Bonchev–Trinajstić information content (AvgIpc) is 2.41. The lowest BCUT2D eigenvalue weighted by atomic mass is 9.82. The molecule has 4 heteroatoms. The topological polar surface area (TPSA) is 40.5 Å². The number of halogens is 1. The first-order valence-electron chi connectivity index (χ1n) is 7.06. The molecule has 0 aliphatic carbocycles. The van der Waals surface area contributed by atoms with E-state index in [1.807, 2.05) is 39.0 Å². The van der Waals surface area contributed by atoms with Crippen molar-refractivity contribution >= 4 is 17.5 Å². The van der Waals surface area contributed by atoms with E-state index in [9.17, 15) is 9.90 Å². The molecule has 0 aromatic heterocycles. The number of hydrogen-bond acceptors (Lipinski definition) is 2. The molecule has 0 bridgehead atoms. The van der Waals surface area contributed by atoms with Crippen molar-refractivity contribution in [2.24, 2.45) is 5.92 Å². The SMILES string of the molecule is CC1CCN(C(=O)C(C)(C)c2cccc(Cl)c2)CC1O. The van der Waals surface area contributed by atoms with E-state index in [2.05, 4.69) is 0 Å². The van der Waals surface area contributed by atoms with Crippen molar-refractivity contribution in [3.05, 3.63) is 34.9 Å². The molecule has 1 N–H and O–H groups in total. The summed E-state index contributed by atoms with van der Waals surface area (Å²) in [6, 6.07) is 7.42. The largest absolute Gasteiger partial charge is 0.391 e. The van der Waals surface area contributed by atoms with Crippen LogP contribution in [0, 0.1) is 5.92 Å². The third kappa shape index (κ3) is 2.99. The number of carbonyl (C=O) groups excluding carboxylic acids is 1. The Morgan fingerprint density at radius 3 is 2.75 bits per heavy atom. The van der Waals surface area contributed by atoms with Gasteiger partial charge in [-0.1, -0.05) is 30.7 Å². The third-order valence-corrected chi connectivity index (χ3v) is 4.52. The number of benzene rings is 1. The average molecular weight is 296 g/mol. The standard InChI is InChI=1S/C16H22ClNO2/c1-11-7-8-18(10-14(11)19)15(20)16(2,3)12-5-4-6-13(17)9-12/h4-6,9,11,14,19H,7-8,10H2,1-3H3. The summed E-state index contributed by atoms with van der Waals surface area (Å²) in [4.78, 5) is 14.5. The number of aliphatic hydroxyl groups is 1. The van der Waals surface area contributed by atoms with Gasteiger partial charge in [0.15, 0.2) is 0 Å². The highest BCUT2D eigenvalue weighted by atomic mass is 35.5. The molecule has 20 heavy (non-hydrogen) atoms. The number of carbonyl (C=O) groups is 1. The van der Waals surface area contributed by atoms with Gasteiger partial charge in [0, 0.05) is 18.1 Å². The number of likely N-dealkylation sites (tertiary alicyclic amines) is 1. The van der Waals surface area contributed by atoms with E-state index in [4.69, 9.17) is 11.6 Å². The molecule has 1 amide bonds. The van der Waals surface area contributed by atoms with E-state index in [0.717, 1.165) is 12.0 Å². The van der Waals surface area contributed by atoms with Crippen molar-refractivity contribution in [2.45, 2.75) is 38.7 Å². The molecule has 2 atom stereocenters. The molecule has 2 unspecified atom stereocenters. The van der Waals surface area contributed by atoms with Crippen LogP contribution in [-0.4, -0.2) is 35.1 Å². The van der Waals surface area contributed by atoms with E-state index in [-0.39, 0.29) is 11.8 Å². The maximum Gasteiger partial charge on any atom is 0.232 e. The van der Waals surface area contributed by atoms with E-state index in [0.29, 0.717) is 18.1 Å². The molecule has 1 aliphatic heterocycles. The Morgan fingerprint density at radius 1 is 1.45 bits per heavy atom.